The average Bonchev–Trinajstić information content (AvgIpc) is 2.40. The second-order valence-electron chi connectivity index (χ2n) is 6.31. The second kappa shape index (κ2) is 5.90. The van der Waals surface area contributed by atoms with Crippen LogP contribution in [0.1, 0.15) is 26.3 Å². The van der Waals surface area contributed by atoms with Crippen LogP contribution in [0.4, 0.5) is 5.69 Å². The molecule has 0 aliphatic rings. The molecule has 3 nitrogen and oxygen atoms in total. The molecule has 0 saturated carbocycles. The maximum absolute atomic E-state index is 12.4. The zero-order chi connectivity index (χ0) is 15.5. The Morgan fingerprint density at radius 1 is 0.905 bits per heavy atom. The maximum atomic E-state index is 12.4. The smallest absolute Gasteiger partial charge is 0.261 e. The topological polar surface area (TPSA) is 46.2 Å². The molecule has 1 N–H and O–H groups in total. The molecule has 2 aromatic rings. The molecule has 0 fully saturated rings. The van der Waals surface area contributed by atoms with Crippen LogP contribution >= 0.6 is 0 Å². The van der Waals surface area contributed by atoms with E-state index < -0.39 is 10.0 Å². The highest BCUT2D eigenvalue weighted by Gasteiger charge is 2.18. The van der Waals surface area contributed by atoms with Crippen molar-refractivity contribution >= 4 is 15.7 Å². The van der Waals surface area contributed by atoms with Crippen LogP contribution in [0.15, 0.2) is 59.5 Å². The van der Waals surface area contributed by atoms with Gasteiger partial charge >= 0.3 is 0 Å². The van der Waals surface area contributed by atoms with E-state index in [2.05, 4.69) is 25.5 Å². The average molecular weight is 303 g/mol. The number of rotatable bonds is 4. The largest absolute Gasteiger partial charge is 0.279 e. The molecule has 112 valence electrons. The van der Waals surface area contributed by atoms with Gasteiger partial charge in [-0.15, -0.1) is 0 Å². The molecular weight excluding hydrogens is 282 g/mol. The van der Waals surface area contributed by atoms with E-state index in [0.717, 1.165) is 12.0 Å². The Labute approximate surface area is 127 Å². The fraction of sp³-hybridized carbons (Fsp3) is 0.294. The molecule has 0 radical (unpaired) electrons. The molecule has 0 aliphatic heterocycles. The number of para-hydroxylation sites is 1. The van der Waals surface area contributed by atoms with E-state index >= 15 is 0 Å². The number of hydrogen-bond donors (Lipinski definition) is 1. The minimum absolute atomic E-state index is 0.0916. The molecule has 0 atom stereocenters. The lowest BCUT2D eigenvalue weighted by molar-refractivity contribution is 0.412. The fourth-order valence-electron chi connectivity index (χ4n) is 2.15. The molecule has 0 aromatic heterocycles. The molecule has 0 spiro atoms. The highest BCUT2D eigenvalue weighted by molar-refractivity contribution is 7.92. The summed E-state index contributed by atoms with van der Waals surface area (Å²) in [7, 11) is -3.54. The molecule has 4 heteroatoms. The zero-order valence-electron chi connectivity index (χ0n) is 12.6. The summed E-state index contributed by atoms with van der Waals surface area (Å²) in [5.74, 6) is 0. The third-order valence-corrected chi connectivity index (χ3v) is 4.42. The summed E-state index contributed by atoms with van der Waals surface area (Å²) in [5, 5.41) is 0. The molecule has 0 unspecified atom stereocenters. The molecular formula is C17H21NO2S. The normalized spacial score (nSPS) is 12.1. The minimum Gasteiger partial charge on any atom is -0.279 e. The van der Waals surface area contributed by atoms with Crippen molar-refractivity contribution in [2.75, 3.05) is 4.72 Å². The standard InChI is InChI=1S/C17H21NO2S/c1-17(2,3)13-14-9-7-8-12-16(14)18-21(19,20)15-10-5-4-6-11-15/h4-12,18H,13H2,1-3H3. The Bertz CT molecular complexity index is 701. The van der Waals surface area contributed by atoms with Gasteiger partial charge in [0.05, 0.1) is 10.6 Å². The van der Waals surface area contributed by atoms with Crippen LogP contribution < -0.4 is 4.72 Å². The Morgan fingerprint density at radius 3 is 2.10 bits per heavy atom. The van der Waals surface area contributed by atoms with Gasteiger partial charge in [0.1, 0.15) is 0 Å². The summed E-state index contributed by atoms with van der Waals surface area (Å²) in [5.41, 5.74) is 1.75. The predicted octanol–water partition coefficient (Wildman–Crippen LogP) is 4.08. The van der Waals surface area contributed by atoms with E-state index in [1.54, 1.807) is 30.3 Å². The first-order valence-corrected chi connectivity index (χ1v) is 8.42. The van der Waals surface area contributed by atoms with Crippen LogP contribution in [0.5, 0.6) is 0 Å². The van der Waals surface area contributed by atoms with Gasteiger partial charge in [-0.2, -0.15) is 0 Å². The van der Waals surface area contributed by atoms with Gasteiger partial charge in [0.2, 0.25) is 0 Å². The van der Waals surface area contributed by atoms with E-state index in [-0.39, 0.29) is 10.3 Å². The van der Waals surface area contributed by atoms with Gasteiger partial charge in [-0.1, -0.05) is 57.2 Å². The van der Waals surface area contributed by atoms with Crippen molar-refractivity contribution < 1.29 is 8.42 Å². The highest BCUT2D eigenvalue weighted by atomic mass is 32.2. The van der Waals surface area contributed by atoms with Crippen molar-refractivity contribution in [3.8, 4) is 0 Å². The van der Waals surface area contributed by atoms with E-state index in [4.69, 9.17) is 0 Å². The molecule has 2 aromatic carbocycles. The van der Waals surface area contributed by atoms with Crippen LogP contribution in [0.3, 0.4) is 0 Å². The van der Waals surface area contributed by atoms with Crippen molar-refractivity contribution in [1.82, 2.24) is 0 Å². The first-order valence-electron chi connectivity index (χ1n) is 6.94. The number of benzene rings is 2. The van der Waals surface area contributed by atoms with Crippen LogP contribution in [-0.4, -0.2) is 8.42 Å². The highest BCUT2D eigenvalue weighted by Crippen LogP contribution is 2.27. The van der Waals surface area contributed by atoms with Gasteiger partial charge in [0.15, 0.2) is 0 Å². The Balaban J connectivity index is 2.32. The molecule has 2 rings (SSSR count). The van der Waals surface area contributed by atoms with Crippen molar-refractivity contribution in [2.24, 2.45) is 5.41 Å². The molecule has 0 bridgehead atoms. The Kier molecular flexibility index (Phi) is 4.37. The monoisotopic (exact) mass is 303 g/mol. The molecule has 0 amide bonds. The van der Waals surface area contributed by atoms with Crippen LogP contribution in [-0.2, 0) is 16.4 Å². The first-order chi connectivity index (χ1) is 9.78. The fourth-order valence-corrected chi connectivity index (χ4v) is 3.27. The van der Waals surface area contributed by atoms with E-state index in [9.17, 15) is 8.42 Å². The summed E-state index contributed by atoms with van der Waals surface area (Å²) in [6.45, 7) is 6.40. The van der Waals surface area contributed by atoms with Crippen molar-refractivity contribution in [3.05, 3.63) is 60.2 Å². The number of hydrogen-bond acceptors (Lipinski definition) is 2. The summed E-state index contributed by atoms with van der Waals surface area (Å²) < 4.78 is 27.5. The maximum Gasteiger partial charge on any atom is 0.261 e. The Morgan fingerprint density at radius 2 is 1.48 bits per heavy atom. The van der Waals surface area contributed by atoms with Gasteiger partial charge in [0, 0.05) is 0 Å². The van der Waals surface area contributed by atoms with Crippen LogP contribution in [0.25, 0.3) is 0 Å². The molecule has 0 heterocycles. The van der Waals surface area contributed by atoms with Crippen molar-refractivity contribution in [3.63, 3.8) is 0 Å². The van der Waals surface area contributed by atoms with Crippen molar-refractivity contribution in [2.45, 2.75) is 32.1 Å². The van der Waals surface area contributed by atoms with Gasteiger partial charge in [-0.05, 0) is 35.6 Å². The number of nitrogens with one attached hydrogen (secondary N) is 1. The van der Waals surface area contributed by atoms with Crippen molar-refractivity contribution in [1.29, 1.82) is 0 Å². The van der Waals surface area contributed by atoms with Gasteiger partial charge in [-0.25, -0.2) is 8.42 Å². The van der Waals surface area contributed by atoms with E-state index in [0.29, 0.717) is 5.69 Å². The lowest BCUT2D eigenvalue weighted by Gasteiger charge is -2.21. The molecule has 21 heavy (non-hydrogen) atoms. The first kappa shape index (κ1) is 15.6. The van der Waals surface area contributed by atoms with Crippen LogP contribution in [0, 0.1) is 5.41 Å². The predicted molar refractivity (Wildman–Crippen MR) is 86.9 cm³/mol. The lowest BCUT2D eigenvalue weighted by atomic mass is 9.87. The SMILES string of the molecule is CC(C)(C)Cc1ccccc1NS(=O)(=O)c1ccccc1. The number of sulfonamides is 1. The molecule has 0 saturated heterocycles. The second-order valence-corrected chi connectivity index (χ2v) is 8.00. The van der Waals surface area contributed by atoms with E-state index in [1.165, 1.54) is 0 Å². The van der Waals surface area contributed by atoms with E-state index in [1.807, 2.05) is 24.3 Å². The quantitative estimate of drug-likeness (QED) is 0.925. The number of anilines is 1. The summed E-state index contributed by atoms with van der Waals surface area (Å²) >= 11 is 0. The van der Waals surface area contributed by atoms with Gasteiger partial charge < -0.3 is 0 Å². The third kappa shape index (κ3) is 4.33. The summed E-state index contributed by atoms with van der Waals surface area (Å²) in [4.78, 5) is 0.274. The zero-order valence-corrected chi connectivity index (χ0v) is 13.4. The van der Waals surface area contributed by atoms with Gasteiger partial charge in [0.25, 0.3) is 10.0 Å². The minimum atomic E-state index is -3.54. The van der Waals surface area contributed by atoms with Crippen LogP contribution in [0.2, 0.25) is 0 Å². The lowest BCUT2D eigenvalue weighted by Crippen LogP contribution is -2.16. The third-order valence-electron chi connectivity index (χ3n) is 3.04. The molecule has 0 aliphatic carbocycles. The summed E-state index contributed by atoms with van der Waals surface area (Å²) in [6.07, 6.45) is 0.806. The summed E-state index contributed by atoms with van der Waals surface area (Å²) in [6, 6.07) is 16.0. The van der Waals surface area contributed by atoms with Gasteiger partial charge in [-0.3, -0.25) is 4.72 Å². The Hall–Kier alpha value is -1.81.